The highest BCUT2D eigenvalue weighted by molar-refractivity contribution is 5.28. The Kier molecular flexibility index (Phi) is 7.08. The van der Waals surface area contributed by atoms with E-state index in [1.165, 1.54) is 12.0 Å². The summed E-state index contributed by atoms with van der Waals surface area (Å²) < 4.78 is 11.7. The van der Waals surface area contributed by atoms with Gasteiger partial charge in [0.25, 0.3) is 0 Å². The number of β-amino-alcohol motifs (C(OH)–C–C–N with tert-alkyl or cyclic N) is 1. The molecule has 0 aliphatic carbocycles. The second kappa shape index (κ2) is 9.75. The number of piperazine rings is 1. The van der Waals surface area contributed by atoms with E-state index in [1.54, 1.807) is 0 Å². The largest absolute Gasteiger partial charge is 0.491 e. The molecule has 3 aliphatic rings. The molecule has 29 heavy (non-hydrogen) atoms. The number of ether oxygens (including phenoxy) is 2. The van der Waals surface area contributed by atoms with Crippen LogP contribution in [0.2, 0.25) is 0 Å². The third-order valence-electron chi connectivity index (χ3n) is 6.86. The third-order valence-corrected chi connectivity index (χ3v) is 6.86. The van der Waals surface area contributed by atoms with E-state index in [0.717, 1.165) is 77.6 Å². The van der Waals surface area contributed by atoms with E-state index in [9.17, 15) is 5.11 Å². The highest BCUT2D eigenvalue weighted by atomic mass is 16.5. The molecule has 1 N–H and O–H groups in total. The summed E-state index contributed by atoms with van der Waals surface area (Å²) in [5.74, 6) is 0.855. The van der Waals surface area contributed by atoms with Crippen molar-refractivity contribution in [1.82, 2.24) is 14.7 Å². The summed E-state index contributed by atoms with van der Waals surface area (Å²) in [6, 6.07) is 8.34. The molecule has 0 amide bonds. The molecule has 1 aromatic rings. The molecule has 4 rings (SSSR count). The van der Waals surface area contributed by atoms with E-state index >= 15 is 0 Å². The number of likely N-dealkylation sites (N-methyl/N-ethyl adjacent to an activating group) is 1. The Bertz CT molecular complexity index is 634. The van der Waals surface area contributed by atoms with Gasteiger partial charge in [0.05, 0.1) is 12.2 Å². The van der Waals surface area contributed by atoms with Crippen LogP contribution in [0.25, 0.3) is 0 Å². The fraction of sp³-hybridized carbons (Fsp3) is 0.739. The molecule has 0 unspecified atom stereocenters. The minimum absolute atomic E-state index is 0.209. The van der Waals surface area contributed by atoms with Crippen LogP contribution in [-0.2, 0) is 11.3 Å². The number of hydrogen-bond acceptors (Lipinski definition) is 6. The molecule has 0 radical (unpaired) electrons. The molecule has 3 saturated heterocycles. The van der Waals surface area contributed by atoms with E-state index in [1.807, 2.05) is 6.07 Å². The zero-order valence-corrected chi connectivity index (χ0v) is 17.9. The smallest absolute Gasteiger partial charge is 0.119 e. The van der Waals surface area contributed by atoms with Crippen molar-refractivity contribution in [2.24, 2.45) is 0 Å². The maximum absolute atomic E-state index is 10.4. The zero-order valence-electron chi connectivity index (χ0n) is 17.9. The summed E-state index contributed by atoms with van der Waals surface area (Å²) in [5.41, 5.74) is 1.49. The second-order valence-corrected chi connectivity index (χ2v) is 8.90. The first-order chi connectivity index (χ1) is 14.1. The molecule has 1 atom stereocenters. The van der Waals surface area contributed by atoms with Crippen LogP contribution >= 0.6 is 0 Å². The lowest BCUT2D eigenvalue weighted by atomic mass is 9.84. The van der Waals surface area contributed by atoms with Crippen LogP contribution in [0.15, 0.2) is 24.3 Å². The van der Waals surface area contributed by atoms with Crippen molar-refractivity contribution >= 4 is 0 Å². The van der Waals surface area contributed by atoms with E-state index < -0.39 is 6.10 Å². The molecule has 3 fully saturated rings. The lowest BCUT2D eigenvalue weighted by molar-refractivity contribution is -0.173. The van der Waals surface area contributed by atoms with Crippen LogP contribution in [0.4, 0.5) is 0 Å². The normalized spacial score (nSPS) is 24.3. The fourth-order valence-electron chi connectivity index (χ4n) is 4.73. The molecule has 0 bridgehead atoms. The molecule has 1 spiro atoms. The van der Waals surface area contributed by atoms with Crippen molar-refractivity contribution in [3.63, 3.8) is 0 Å². The average molecular weight is 404 g/mol. The molecule has 3 heterocycles. The van der Waals surface area contributed by atoms with E-state index in [-0.39, 0.29) is 5.60 Å². The van der Waals surface area contributed by atoms with Gasteiger partial charge in [0.1, 0.15) is 18.5 Å². The minimum Gasteiger partial charge on any atom is -0.491 e. The van der Waals surface area contributed by atoms with Gasteiger partial charge in [0.2, 0.25) is 0 Å². The summed E-state index contributed by atoms with van der Waals surface area (Å²) in [6.07, 6.45) is 3.09. The van der Waals surface area contributed by atoms with Crippen molar-refractivity contribution in [1.29, 1.82) is 0 Å². The second-order valence-electron chi connectivity index (χ2n) is 8.90. The van der Waals surface area contributed by atoms with E-state index in [4.69, 9.17) is 9.47 Å². The molecular formula is C23H37N3O3. The van der Waals surface area contributed by atoms with Crippen LogP contribution in [-0.4, -0.2) is 97.1 Å². The molecule has 6 heteroatoms. The van der Waals surface area contributed by atoms with Crippen molar-refractivity contribution in [3.05, 3.63) is 29.8 Å². The Balaban J connectivity index is 1.19. The number of nitrogens with zero attached hydrogens (tertiary/aromatic N) is 3. The van der Waals surface area contributed by atoms with Gasteiger partial charge in [-0.3, -0.25) is 9.80 Å². The number of likely N-dealkylation sites (tertiary alicyclic amines) is 1. The molecule has 0 aromatic heterocycles. The van der Waals surface area contributed by atoms with Gasteiger partial charge in [-0.15, -0.1) is 0 Å². The standard InChI is InChI=1S/C23H37N3O3/c1-2-24-11-13-26(14-12-24)18-21(27)19-28-22-5-3-4-20(16-22)17-25-9-6-23(7-10-25)8-15-29-23/h3-5,16,21,27H,2,6-15,17-19H2,1H3/t21-/m1/s1. The van der Waals surface area contributed by atoms with Crippen molar-refractivity contribution in [2.45, 2.75) is 44.4 Å². The van der Waals surface area contributed by atoms with Crippen LogP contribution in [0.1, 0.15) is 31.7 Å². The Morgan fingerprint density at radius 1 is 1.03 bits per heavy atom. The summed E-state index contributed by atoms with van der Waals surface area (Å²) in [4.78, 5) is 7.30. The first kappa shape index (κ1) is 21.1. The Morgan fingerprint density at radius 3 is 2.41 bits per heavy atom. The number of hydrogen-bond donors (Lipinski definition) is 1. The topological polar surface area (TPSA) is 48.4 Å². The average Bonchev–Trinajstić information content (AvgIpc) is 2.73. The number of benzene rings is 1. The van der Waals surface area contributed by atoms with Gasteiger partial charge >= 0.3 is 0 Å². The van der Waals surface area contributed by atoms with Crippen molar-refractivity contribution in [3.8, 4) is 5.75 Å². The summed E-state index contributed by atoms with van der Waals surface area (Å²) in [6.45, 7) is 12.7. The molecular weight excluding hydrogens is 366 g/mol. The number of rotatable bonds is 8. The van der Waals surface area contributed by atoms with Crippen LogP contribution < -0.4 is 4.74 Å². The summed E-state index contributed by atoms with van der Waals surface area (Å²) >= 11 is 0. The first-order valence-electron chi connectivity index (χ1n) is 11.3. The maximum Gasteiger partial charge on any atom is 0.119 e. The van der Waals surface area contributed by atoms with Crippen molar-refractivity contribution < 1.29 is 14.6 Å². The Morgan fingerprint density at radius 2 is 1.76 bits per heavy atom. The molecule has 162 valence electrons. The zero-order chi connectivity index (χ0) is 20.1. The molecule has 3 aliphatic heterocycles. The van der Waals surface area contributed by atoms with E-state index in [0.29, 0.717) is 13.2 Å². The summed E-state index contributed by atoms with van der Waals surface area (Å²) in [7, 11) is 0. The fourth-order valence-corrected chi connectivity index (χ4v) is 4.73. The van der Waals surface area contributed by atoms with E-state index in [2.05, 4.69) is 39.8 Å². The van der Waals surface area contributed by atoms with Gasteiger partial charge in [0.15, 0.2) is 0 Å². The monoisotopic (exact) mass is 403 g/mol. The lowest BCUT2D eigenvalue weighted by Gasteiger charge is -2.47. The van der Waals surface area contributed by atoms with Gasteiger partial charge < -0.3 is 19.5 Å². The molecule has 1 aromatic carbocycles. The van der Waals surface area contributed by atoms with Crippen LogP contribution in [0.5, 0.6) is 5.75 Å². The van der Waals surface area contributed by atoms with Gasteiger partial charge in [0, 0.05) is 52.4 Å². The number of aliphatic hydroxyl groups is 1. The predicted molar refractivity (Wildman–Crippen MR) is 114 cm³/mol. The highest BCUT2D eigenvalue weighted by Gasteiger charge is 2.40. The SMILES string of the molecule is CCN1CCN(C[C@@H](O)COc2cccc(CN3CCC4(CCO4)CC3)c2)CC1. The predicted octanol–water partition coefficient (Wildman–Crippen LogP) is 1.82. The molecule has 6 nitrogen and oxygen atoms in total. The first-order valence-corrected chi connectivity index (χ1v) is 11.3. The summed E-state index contributed by atoms with van der Waals surface area (Å²) in [5, 5.41) is 10.4. The van der Waals surface area contributed by atoms with Gasteiger partial charge in [-0.25, -0.2) is 0 Å². The minimum atomic E-state index is -0.451. The lowest BCUT2D eigenvalue weighted by Crippen LogP contribution is -2.52. The maximum atomic E-state index is 10.4. The quantitative estimate of drug-likeness (QED) is 0.715. The van der Waals surface area contributed by atoms with Gasteiger partial charge in [-0.2, -0.15) is 0 Å². The van der Waals surface area contributed by atoms with Crippen LogP contribution in [0, 0.1) is 0 Å². The van der Waals surface area contributed by atoms with Gasteiger partial charge in [-0.1, -0.05) is 19.1 Å². The highest BCUT2D eigenvalue weighted by Crippen LogP contribution is 2.37. The molecule has 0 saturated carbocycles. The number of aliphatic hydroxyl groups excluding tert-OH is 1. The number of piperidine rings is 1. The van der Waals surface area contributed by atoms with Crippen molar-refractivity contribution in [2.75, 3.05) is 65.6 Å². The Hall–Kier alpha value is -1.18. The van der Waals surface area contributed by atoms with Gasteiger partial charge in [-0.05, 0) is 43.5 Å². The van der Waals surface area contributed by atoms with Crippen LogP contribution in [0.3, 0.4) is 0 Å². The third kappa shape index (κ3) is 5.70. The Labute approximate surface area is 175 Å².